The number of anilines is 3. The number of ether oxygens (including phenoxy) is 1. The first-order valence-corrected chi connectivity index (χ1v) is 8.80. The molecule has 2 aromatic rings. The normalized spacial score (nSPS) is 18.1. The Morgan fingerprint density at radius 3 is 2.80 bits per heavy atom. The van der Waals surface area contributed by atoms with Crippen molar-refractivity contribution in [1.82, 2.24) is 9.97 Å². The lowest BCUT2D eigenvalue weighted by Gasteiger charge is -2.32. The van der Waals surface area contributed by atoms with Crippen LogP contribution < -0.4 is 16.0 Å². The Bertz CT molecular complexity index is 747. The molecule has 7 heteroatoms. The molecular weight excluding hydrogens is 338 g/mol. The number of nitrogens with zero attached hydrogens (tertiary/aromatic N) is 3. The van der Waals surface area contributed by atoms with Gasteiger partial charge in [-0.2, -0.15) is 4.98 Å². The topological polar surface area (TPSA) is 76.3 Å². The number of aromatic nitrogens is 2. The van der Waals surface area contributed by atoms with Crippen LogP contribution >= 0.6 is 11.6 Å². The summed E-state index contributed by atoms with van der Waals surface area (Å²) in [5, 5.41) is 3.89. The molecule has 134 valence electrons. The second-order valence-electron chi connectivity index (χ2n) is 6.30. The van der Waals surface area contributed by atoms with Crippen molar-refractivity contribution in [3.63, 3.8) is 0 Å². The summed E-state index contributed by atoms with van der Waals surface area (Å²) in [5.74, 6) is 1.10. The van der Waals surface area contributed by atoms with E-state index in [2.05, 4.69) is 33.2 Å². The van der Waals surface area contributed by atoms with Crippen molar-refractivity contribution in [3.8, 4) is 0 Å². The van der Waals surface area contributed by atoms with E-state index in [-0.39, 0.29) is 12.0 Å². The first-order valence-electron chi connectivity index (χ1n) is 8.43. The summed E-state index contributed by atoms with van der Waals surface area (Å²) in [6, 6.07) is 6.03. The van der Waals surface area contributed by atoms with Crippen LogP contribution in [0.2, 0.25) is 5.02 Å². The minimum atomic E-state index is -0.0201. The molecule has 0 saturated carbocycles. The number of nitrogen functional groups attached to an aromatic ring is 1. The number of nitrogens with one attached hydrogen (secondary N) is 1. The van der Waals surface area contributed by atoms with Crippen LogP contribution in [0.3, 0.4) is 0 Å². The molecule has 0 bridgehead atoms. The van der Waals surface area contributed by atoms with Crippen molar-refractivity contribution in [2.75, 3.05) is 42.8 Å². The number of aryl methyl sites for hydroxylation is 2. The van der Waals surface area contributed by atoms with E-state index in [1.165, 1.54) is 0 Å². The van der Waals surface area contributed by atoms with Gasteiger partial charge in [-0.3, -0.25) is 0 Å². The maximum Gasteiger partial charge on any atom is 0.222 e. The van der Waals surface area contributed by atoms with Crippen LogP contribution in [0.4, 0.5) is 17.5 Å². The Kier molecular flexibility index (Phi) is 5.30. The Labute approximate surface area is 153 Å². The zero-order valence-corrected chi connectivity index (χ0v) is 15.6. The number of benzene rings is 1. The molecule has 1 atom stereocenters. The average Bonchev–Trinajstić information content (AvgIpc) is 2.81. The lowest BCUT2D eigenvalue weighted by molar-refractivity contribution is 0.134. The quantitative estimate of drug-likeness (QED) is 0.873. The molecule has 6 nitrogen and oxygen atoms in total. The fraction of sp³-hybridized carbons (Fsp3) is 0.444. The van der Waals surface area contributed by atoms with Gasteiger partial charge >= 0.3 is 0 Å². The van der Waals surface area contributed by atoms with Crippen molar-refractivity contribution in [1.29, 1.82) is 0 Å². The van der Waals surface area contributed by atoms with Crippen LogP contribution in [0.5, 0.6) is 0 Å². The van der Waals surface area contributed by atoms with E-state index in [9.17, 15) is 0 Å². The van der Waals surface area contributed by atoms with E-state index < -0.39 is 0 Å². The zero-order chi connectivity index (χ0) is 18.0. The van der Waals surface area contributed by atoms with Gasteiger partial charge in [0.1, 0.15) is 5.82 Å². The van der Waals surface area contributed by atoms with Crippen LogP contribution in [-0.4, -0.2) is 36.8 Å². The second-order valence-corrected chi connectivity index (χ2v) is 6.71. The van der Waals surface area contributed by atoms with Gasteiger partial charge in [-0.05, 0) is 37.5 Å². The zero-order valence-electron chi connectivity index (χ0n) is 14.8. The van der Waals surface area contributed by atoms with Gasteiger partial charge in [0.2, 0.25) is 5.95 Å². The summed E-state index contributed by atoms with van der Waals surface area (Å²) in [6.07, 6.45) is 0.921. The summed E-state index contributed by atoms with van der Waals surface area (Å²) in [7, 11) is 1.89. The third-order valence-corrected chi connectivity index (χ3v) is 4.79. The lowest BCUT2D eigenvalue weighted by atomic mass is 10.0. The predicted molar refractivity (Wildman–Crippen MR) is 102 cm³/mol. The van der Waals surface area contributed by atoms with Gasteiger partial charge in [0.25, 0.3) is 0 Å². The minimum absolute atomic E-state index is 0.0201. The molecule has 1 aliphatic rings. The fourth-order valence-corrected chi connectivity index (χ4v) is 3.55. The van der Waals surface area contributed by atoms with E-state index in [1.54, 1.807) is 0 Å². The van der Waals surface area contributed by atoms with Gasteiger partial charge in [0.15, 0.2) is 0 Å². The van der Waals surface area contributed by atoms with Gasteiger partial charge in [-0.1, -0.05) is 17.7 Å². The molecule has 2 heterocycles. The molecule has 1 aliphatic heterocycles. The van der Waals surface area contributed by atoms with E-state index in [0.29, 0.717) is 11.6 Å². The Balaban J connectivity index is 2.06. The van der Waals surface area contributed by atoms with Crippen LogP contribution in [0.25, 0.3) is 0 Å². The maximum atomic E-state index is 6.60. The number of nitrogens with two attached hydrogens (primary N) is 1. The van der Waals surface area contributed by atoms with Crippen LogP contribution in [0, 0.1) is 13.8 Å². The Morgan fingerprint density at radius 1 is 1.28 bits per heavy atom. The van der Waals surface area contributed by atoms with Crippen LogP contribution in [0.15, 0.2) is 18.2 Å². The molecular formula is C18H24ClN5O. The average molecular weight is 362 g/mol. The van der Waals surface area contributed by atoms with Crippen molar-refractivity contribution in [2.24, 2.45) is 0 Å². The van der Waals surface area contributed by atoms with E-state index in [1.807, 2.05) is 26.1 Å². The molecule has 1 saturated heterocycles. The van der Waals surface area contributed by atoms with Gasteiger partial charge < -0.3 is 20.7 Å². The van der Waals surface area contributed by atoms with E-state index in [4.69, 9.17) is 22.1 Å². The van der Waals surface area contributed by atoms with Crippen molar-refractivity contribution >= 4 is 29.1 Å². The van der Waals surface area contributed by atoms with Gasteiger partial charge in [0.05, 0.1) is 12.6 Å². The monoisotopic (exact) mass is 361 g/mol. The smallest absolute Gasteiger partial charge is 0.222 e. The second kappa shape index (κ2) is 7.45. The van der Waals surface area contributed by atoms with E-state index in [0.717, 1.165) is 47.9 Å². The molecule has 1 fully saturated rings. The van der Waals surface area contributed by atoms with Gasteiger partial charge in [0, 0.05) is 42.7 Å². The highest BCUT2D eigenvalue weighted by Crippen LogP contribution is 2.35. The summed E-state index contributed by atoms with van der Waals surface area (Å²) < 4.78 is 5.83. The van der Waals surface area contributed by atoms with Crippen molar-refractivity contribution < 1.29 is 4.74 Å². The number of hydrogen-bond donors (Lipinski definition) is 2. The third kappa shape index (κ3) is 3.80. The number of hydrogen-bond acceptors (Lipinski definition) is 6. The molecule has 3 rings (SSSR count). The summed E-state index contributed by atoms with van der Waals surface area (Å²) in [6.45, 7) is 6.09. The predicted octanol–water partition coefficient (Wildman–Crippen LogP) is 3.34. The third-order valence-electron chi connectivity index (χ3n) is 4.46. The first kappa shape index (κ1) is 17.8. The largest absolute Gasteiger partial charge is 0.388 e. The number of rotatable bonds is 3. The highest BCUT2D eigenvalue weighted by molar-refractivity contribution is 6.31. The molecule has 0 radical (unpaired) electrons. The molecule has 0 unspecified atom stereocenters. The molecule has 25 heavy (non-hydrogen) atoms. The highest BCUT2D eigenvalue weighted by Gasteiger charge is 2.27. The highest BCUT2D eigenvalue weighted by atomic mass is 35.5. The minimum Gasteiger partial charge on any atom is -0.388 e. The molecule has 0 aliphatic carbocycles. The molecule has 0 amide bonds. The summed E-state index contributed by atoms with van der Waals surface area (Å²) in [4.78, 5) is 10.8. The lowest BCUT2D eigenvalue weighted by Crippen LogP contribution is -2.32. The molecule has 0 spiro atoms. The Morgan fingerprint density at radius 2 is 2.08 bits per heavy atom. The van der Waals surface area contributed by atoms with Gasteiger partial charge in [-0.15, -0.1) is 0 Å². The molecule has 1 aromatic heterocycles. The molecule has 1 aromatic carbocycles. The summed E-state index contributed by atoms with van der Waals surface area (Å²) >= 11 is 6.60. The first-order chi connectivity index (χ1) is 12.0. The maximum absolute atomic E-state index is 6.60. The van der Waals surface area contributed by atoms with Crippen molar-refractivity contribution in [2.45, 2.75) is 26.3 Å². The van der Waals surface area contributed by atoms with Gasteiger partial charge in [-0.25, -0.2) is 4.98 Å². The standard InChI is InChI=1S/C18H24ClN5O/c1-11-7-13(14(19)9-15(11)21-3)16-10-25-6-4-5-24(16)17-8-12(2)22-18(20)23-17/h7-9,16,21H,4-6,10H2,1-3H3,(H2,20,22,23)/t16-/m1/s1. The van der Waals surface area contributed by atoms with Crippen LogP contribution in [-0.2, 0) is 4.74 Å². The molecule has 3 N–H and O–H groups in total. The number of halogens is 1. The Hall–Kier alpha value is -2.05. The fourth-order valence-electron chi connectivity index (χ4n) is 3.26. The van der Waals surface area contributed by atoms with Crippen molar-refractivity contribution in [3.05, 3.63) is 40.0 Å². The summed E-state index contributed by atoms with van der Waals surface area (Å²) in [5.41, 5.74) is 9.92. The SMILES string of the molecule is CNc1cc(Cl)c([C@H]2COCCCN2c2cc(C)nc(N)n2)cc1C. The van der Waals surface area contributed by atoms with Crippen LogP contribution in [0.1, 0.15) is 29.3 Å². The van der Waals surface area contributed by atoms with E-state index >= 15 is 0 Å².